The molecule has 0 aliphatic heterocycles. The van der Waals surface area contributed by atoms with Crippen LogP contribution >= 0.6 is 0 Å². The molecule has 1 heterocycles. The van der Waals surface area contributed by atoms with Crippen molar-refractivity contribution in [3.63, 3.8) is 0 Å². The lowest BCUT2D eigenvalue weighted by Crippen LogP contribution is -2.12. The van der Waals surface area contributed by atoms with E-state index in [0.29, 0.717) is 11.3 Å². The van der Waals surface area contributed by atoms with Crippen molar-refractivity contribution in [1.29, 1.82) is 0 Å². The molecule has 4 nitrogen and oxygen atoms in total. The van der Waals surface area contributed by atoms with Crippen LogP contribution in [0.3, 0.4) is 0 Å². The molecule has 0 spiro atoms. The van der Waals surface area contributed by atoms with E-state index in [9.17, 15) is 4.79 Å². The van der Waals surface area contributed by atoms with Crippen LogP contribution in [0, 0.1) is 6.92 Å². The summed E-state index contributed by atoms with van der Waals surface area (Å²) < 4.78 is 7.48. The number of methoxy groups -OCH3 is 1. The standard InChI is InChI=1S/C24H22N2O2/c1-17-11-13-18(14-12-17)15-26-16-21(19-7-3-5-9-22(19)26)25-24(27)20-8-4-6-10-23(20)28-2/h3-14,16H,15H2,1-2H3,(H,25,27). The number of para-hydroxylation sites is 2. The molecule has 140 valence electrons. The van der Waals surface area contributed by atoms with Crippen molar-refractivity contribution in [2.24, 2.45) is 0 Å². The number of nitrogens with zero attached hydrogens (tertiary/aromatic N) is 1. The molecule has 0 saturated carbocycles. The number of nitrogens with one attached hydrogen (secondary N) is 1. The molecule has 0 fully saturated rings. The zero-order valence-corrected chi connectivity index (χ0v) is 16.0. The first-order valence-corrected chi connectivity index (χ1v) is 9.23. The summed E-state index contributed by atoms with van der Waals surface area (Å²) in [5, 5.41) is 4.06. The van der Waals surface area contributed by atoms with Crippen molar-refractivity contribution < 1.29 is 9.53 Å². The van der Waals surface area contributed by atoms with Gasteiger partial charge in [0.15, 0.2) is 0 Å². The van der Waals surface area contributed by atoms with E-state index in [1.807, 2.05) is 36.5 Å². The number of hydrogen-bond donors (Lipinski definition) is 1. The number of carbonyl (C=O) groups is 1. The molecule has 1 amide bonds. The van der Waals surface area contributed by atoms with E-state index in [-0.39, 0.29) is 5.91 Å². The highest BCUT2D eigenvalue weighted by molar-refractivity contribution is 6.10. The maximum Gasteiger partial charge on any atom is 0.259 e. The van der Waals surface area contributed by atoms with Crippen molar-refractivity contribution >= 4 is 22.5 Å². The first-order chi connectivity index (χ1) is 13.7. The van der Waals surface area contributed by atoms with E-state index >= 15 is 0 Å². The molecule has 0 aliphatic rings. The van der Waals surface area contributed by atoms with E-state index in [1.165, 1.54) is 11.1 Å². The molecule has 0 radical (unpaired) electrons. The number of ether oxygens (including phenoxy) is 1. The fourth-order valence-electron chi connectivity index (χ4n) is 3.39. The summed E-state index contributed by atoms with van der Waals surface area (Å²) in [5.74, 6) is 0.374. The van der Waals surface area contributed by atoms with Gasteiger partial charge in [-0.15, -0.1) is 0 Å². The molecule has 4 heteroatoms. The first-order valence-electron chi connectivity index (χ1n) is 9.23. The van der Waals surface area contributed by atoms with Gasteiger partial charge in [-0.05, 0) is 30.7 Å². The molecular weight excluding hydrogens is 348 g/mol. The number of benzene rings is 3. The van der Waals surface area contributed by atoms with Crippen LogP contribution in [0.1, 0.15) is 21.5 Å². The summed E-state index contributed by atoms with van der Waals surface area (Å²) in [5.41, 5.74) is 4.84. The van der Waals surface area contributed by atoms with E-state index in [2.05, 4.69) is 47.1 Å². The number of carbonyl (C=O) groups excluding carboxylic acids is 1. The second-order valence-corrected chi connectivity index (χ2v) is 6.83. The number of aromatic nitrogens is 1. The average Bonchev–Trinajstić information content (AvgIpc) is 3.07. The number of amides is 1. The Kier molecular flexibility index (Phi) is 4.85. The Balaban J connectivity index is 1.68. The van der Waals surface area contributed by atoms with Crippen molar-refractivity contribution in [1.82, 2.24) is 4.57 Å². The lowest BCUT2D eigenvalue weighted by molar-refractivity contribution is 0.102. The third-order valence-corrected chi connectivity index (χ3v) is 4.86. The van der Waals surface area contributed by atoms with Crippen LogP contribution in [-0.2, 0) is 6.54 Å². The molecule has 0 saturated heterocycles. The quantitative estimate of drug-likeness (QED) is 0.521. The number of rotatable bonds is 5. The number of aryl methyl sites for hydroxylation is 1. The third-order valence-electron chi connectivity index (χ3n) is 4.86. The smallest absolute Gasteiger partial charge is 0.259 e. The Hall–Kier alpha value is -3.53. The van der Waals surface area contributed by atoms with Gasteiger partial charge in [0.2, 0.25) is 0 Å². The zero-order valence-electron chi connectivity index (χ0n) is 16.0. The monoisotopic (exact) mass is 370 g/mol. The van der Waals surface area contributed by atoms with Gasteiger partial charge in [-0.2, -0.15) is 0 Å². The third kappa shape index (κ3) is 3.49. The normalized spacial score (nSPS) is 10.8. The SMILES string of the molecule is COc1ccccc1C(=O)Nc1cn(Cc2ccc(C)cc2)c2ccccc12. The molecule has 0 unspecified atom stereocenters. The van der Waals surface area contributed by atoms with Crippen molar-refractivity contribution in [2.75, 3.05) is 12.4 Å². The summed E-state index contributed by atoms with van der Waals surface area (Å²) in [7, 11) is 1.57. The van der Waals surface area contributed by atoms with Crippen molar-refractivity contribution in [3.05, 3.63) is 95.7 Å². The minimum atomic E-state index is -0.185. The molecule has 3 aromatic carbocycles. The van der Waals surface area contributed by atoms with Crippen molar-refractivity contribution in [2.45, 2.75) is 13.5 Å². The van der Waals surface area contributed by atoms with Crippen LogP contribution in [0.15, 0.2) is 79.0 Å². The Morgan fingerprint density at radius 1 is 0.964 bits per heavy atom. The van der Waals surface area contributed by atoms with E-state index in [0.717, 1.165) is 23.1 Å². The number of hydrogen-bond acceptors (Lipinski definition) is 2. The van der Waals surface area contributed by atoms with Gasteiger partial charge in [0, 0.05) is 18.1 Å². The van der Waals surface area contributed by atoms with Gasteiger partial charge in [0.25, 0.3) is 5.91 Å². The van der Waals surface area contributed by atoms with Gasteiger partial charge >= 0.3 is 0 Å². The van der Waals surface area contributed by atoms with Gasteiger partial charge in [0.1, 0.15) is 5.75 Å². The van der Waals surface area contributed by atoms with Gasteiger partial charge in [-0.1, -0.05) is 60.2 Å². The number of anilines is 1. The molecule has 0 aliphatic carbocycles. The minimum Gasteiger partial charge on any atom is -0.496 e. The molecule has 4 aromatic rings. The Morgan fingerprint density at radius 2 is 1.68 bits per heavy atom. The van der Waals surface area contributed by atoms with Crippen LogP contribution in [0.2, 0.25) is 0 Å². The van der Waals surface area contributed by atoms with Crippen LogP contribution in [0.4, 0.5) is 5.69 Å². The van der Waals surface area contributed by atoms with Gasteiger partial charge in [-0.25, -0.2) is 0 Å². The van der Waals surface area contributed by atoms with E-state index in [1.54, 1.807) is 19.2 Å². The molecule has 0 bridgehead atoms. The Morgan fingerprint density at radius 3 is 2.46 bits per heavy atom. The van der Waals surface area contributed by atoms with Crippen molar-refractivity contribution in [3.8, 4) is 5.75 Å². The van der Waals surface area contributed by atoms with Crippen LogP contribution in [0.5, 0.6) is 5.75 Å². The molecule has 1 N–H and O–H groups in total. The van der Waals surface area contributed by atoms with Gasteiger partial charge < -0.3 is 14.6 Å². The predicted octanol–water partition coefficient (Wildman–Crippen LogP) is 5.26. The molecule has 1 aromatic heterocycles. The highest BCUT2D eigenvalue weighted by Crippen LogP contribution is 2.28. The van der Waals surface area contributed by atoms with E-state index < -0.39 is 0 Å². The maximum absolute atomic E-state index is 12.8. The second-order valence-electron chi connectivity index (χ2n) is 6.83. The summed E-state index contributed by atoms with van der Waals surface area (Å²) in [6.07, 6.45) is 2.00. The first kappa shape index (κ1) is 17.9. The van der Waals surface area contributed by atoms with E-state index in [4.69, 9.17) is 4.74 Å². The lowest BCUT2D eigenvalue weighted by atomic mass is 10.1. The lowest BCUT2D eigenvalue weighted by Gasteiger charge is -2.08. The number of fused-ring (bicyclic) bond motifs is 1. The van der Waals surface area contributed by atoms with Gasteiger partial charge in [-0.3, -0.25) is 4.79 Å². The zero-order chi connectivity index (χ0) is 19.5. The molecule has 0 atom stereocenters. The summed E-state index contributed by atoms with van der Waals surface area (Å²) in [6.45, 7) is 2.83. The average molecular weight is 370 g/mol. The highest BCUT2D eigenvalue weighted by atomic mass is 16.5. The maximum atomic E-state index is 12.8. The molecule has 28 heavy (non-hydrogen) atoms. The van der Waals surface area contributed by atoms with Crippen LogP contribution in [0.25, 0.3) is 10.9 Å². The largest absolute Gasteiger partial charge is 0.496 e. The summed E-state index contributed by atoms with van der Waals surface area (Å²) >= 11 is 0. The Bertz CT molecular complexity index is 1130. The summed E-state index contributed by atoms with van der Waals surface area (Å²) in [4.78, 5) is 12.8. The fourth-order valence-corrected chi connectivity index (χ4v) is 3.39. The molecular formula is C24H22N2O2. The predicted molar refractivity (Wildman–Crippen MR) is 113 cm³/mol. The minimum absolute atomic E-state index is 0.185. The molecule has 4 rings (SSSR count). The van der Waals surface area contributed by atoms with Crippen LogP contribution < -0.4 is 10.1 Å². The fraction of sp³-hybridized carbons (Fsp3) is 0.125. The second kappa shape index (κ2) is 7.61. The van der Waals surface area contributed by atoms with Crippen LogP contribution in [-0.4, -0.2) is 17.6 Å². The van der Waals surface area contributed by atoms with Gasteiger partial charge in [0.05, 0.1) is 23.9 Å². The Labute approximate surface area is 164 Å². The topological polar surface area (TPSA) is 43.3 Å². The summed E-state index contributed by atoms with van der Waals surface area (Å²) in [6, 6.07) is 23.8. The highest BCUT2D eigenvalue weighted by Gasteiger charge is 2.15.